The van der Waals surface area contributed by atoms with E-state index in [2.05, 4.69) is 5.32 Å². The summed E-state index contributed by atoms with van der Waals surface area (Å²) >= 11 is 11.1. The molecular formula is C15H15ClN2OS. The molecule has 0 fully saturated rings. The number of hydrogen-bond donors (Lipinski definition) is 2. The van der Waals surface area contributed by atoms with Gasteiger partial charge in [-0.1, -0.05) is 42.0 Å². The van der Waals surface area contributed by atoms with Crippen LogP contribution >= 0.6 is 23.8 Å². The first-order valence-corrected chi connectivity index (χ1v) is 6.83. The van der Waals surface area contributed by atoms with Gasteiger partial charge in [0.25, 0.3) is 0 Å². The van der Waals surface area contributed by atoms with E-state index in [4.69, 9.17) is 34.3 Å². The average molecular weight is 307 g/mol. The van der Waals surface area contributed by atoms with Gasteiger partial charge in [0.2, 0.25) is 0 Å². The third-order valence-electron chi connectivity index (χ3n) is 2.83. The standard InChI is InChI=1S/C15H15ClN2OS/c1-19-9-10-4-2-3-5-13(10)18-14-8-11(16)6-7-12(14)15(17)20/h2-8,18H,9H2,1H3,(H2,17,20). The molecule has 0 atom stereocenters. The zero-order valence-corrected chi connectivity index (χ0v) is 12.6. The monoisotopic (exact) mass is 306 g/mol. The van der Waals surface area contributed by atoms with Crippen molar-refractivity contribution in [3.63, 3.8) is 0 Å². The molecular weight excluding hydrogens is 292 g/mol. The molecule has 0 amide bonds. The first kappa shape index (κ1) is 14.8. The summed E-state index contributed by atoms with van der Waals surface area (Å²) in [5, 5.41) is 3.94. The predicted molar refractivity (Wildman–Crippen MR) is 87.8 cm³/mol. The molecule has 3 N–H and O–H groups in total. The zero-order valence-electron chi connectivity index (χ0n) is 11.0. The molecule has 0 bridgehead atoms. The minimum atomic E-state index is 0.327. The maximum absolute atomic E-state index is 6.04. The van der Waals surface area contributed by atoms with Gasteiger partial charge < -0.3 is 15.8 Å². The molecule has 0 aliphatic heterocycles. The number of nitrogens with two attached hydrogens (primary N) is 1. The molecule has 2 aromatic rings. The van der Waals surface area contributed by atoms with Crippen LogP contribution in [-0.2, 0) is 11.3 Å². The number of ether oxygens (including phenoxy) is 1. The first-order valence-electron chi connectivity index (χ1n) is 6.05. The molecule has 0 unspecified atom stereocenters. The zero-order chi connectivity index (χ0) is 14.5. The third-order valence-corrected chi connectivity index (χ3v) is 3.29. The van der Waals surface area contributed by atoms with E-state index >= 15 is 0 Å². The summed E-state index contributed by atoms with van der Waals surface area (Å²) in [6.45, 7) is 0.520. The Balaban J connectivity index is 2.39. The summed E-state index contributed by atoms with van der Waals surface area (Å²) in [6, 6.07) is 13.3. The molecule has 3 nitrogen and oxygen atoms in total. The van der Waals surface area contributed by atoms with Crippen molar-refractivity contribution in [1.82, 2.24) is 0 Å². The number of methoxy groups -OCH3 is 1. The van der Waals surface area contributed by atoms with Crippen molar-refractivity contribution in [3.05, 3.63) is 58.6 Å². The average Bonchev–Trinajstić information content (AvgIpc) is 2.41. The Kier molecular flexibility index (Phi) is 4.95. The second-order valence-electron chi connectivity index (χ2n) is 4.27. The number of rotatable bonds is 5. The van der Waals surface area contributed by atoms with Crippen molar-refractivity contribution < 1.29 is 4.74 Å². The van der Waals surface area contributed by atoms with E-state index in [0.29, 0.717) is 16.6 Å². The lowest BCUT2D eigenvalue weighted by atomic mass is 10.1. The SMILES string of the molecule is COCc1ccccc1Nc1cc(Cl)ccc1C(N)=S. The molecule has 20 heavy (non-hydrogen) atoms. The third kappa shape index (κ3) is 3.48. The largest absolute Gasteiger partial charge is 0.389 e. The molecule has 0 aliphatic rings. The summed E-state index contributed by atoms with van der Waals surface area (Å²) in [5.74, 6) is 0. The molecule has 0 aromatic heterocycles. The van der Waals surface area contributed by atoms with Crippen LogP contribution in [-0.4, -0.2) is 12.1 Å². The molecule has 0 spiro atoms. The lowest BCUT2D eigenvalue weighted by Crippen LogP contribution is -2.12. The van der Waals surface area contributed by atoms with Gasteiger partial charge in [0.1, 0.15) is 4.99 Å². The Labute approximate surface area is 128 Å². The number of anilines is 2. The van der Waals surface area contributed by atoms with Crippen LogP contribution in [0.15, 0.2) is 42.5 Å². The molecule has 0 heterocycles. The van der Waals surface area contributed by atoms with Gasteiger partial charge in [-0.05, 0) is 24.3 Å². The summed E-state index contributed by atoms with van der Waals surface area (Å²) < 4.78 is 5.19. The van der Waals surface area contributed by atoms with Gasteiger partial charge in [-0.25, -0.2) is 0 Å². The van der Waals surface area contributed by atoms with Crippen LogP contribution in [0.1, 0.15) is 11.1 Å². The normalized spacial score (nSPS) is 10.3. The predicted octanol–water partition coefficient (Wildman–Crippen LogP) is 3.86. The molecule has 5 heteroatoms. The Morgan fingerprint density at radius 2 is 2.00 bits per heavy atom. The molecule has 0 radical (unpaired) electrons. The number of nitrogens with one attached hydrogen (secondary N) is 1. The highest BCUT2D eigenvalue weighted by atomic mass is 35.5. The smallest absolute Gasteiger partial charge is 0.106 e. The highest BCUT2D eigenvalue weighted by Crippen LogP contribution is 2.27. The van der Waals surface area contributed by atoms with Gasteiger partial charge in [0.05, 0.1) is 12.3 Å². The van der Waals surface area contributed by atoms with Gasteiger partial charge in [-0.15, -0.1) is 0 Å². The highest BCUT2D eigenvalue weighted by molar-refractivity contribution is 7.80. The van der Waals surface area contributed by atoms with Crippen LogP contribution in [0.3, 0.4) is 0 Å². The van der Waals surface area contributed by atoms with E-state index in [0.717, 1.165) is 22.5 Å². The number of hydrogen-bond acceptors (Lipinski definition) is 3. The fourth-order valence-corrected chi connectivity index (χ4v) is 2.25. The maximum Gasteiger partial charge on any atom is 0.106 e. The summed E-state index contributed by atoms with van der Waals surface area (Å²) in [5.41, 5.74) is 9.27. The van der Waals surface area contributed by atoms with Crippen LogP contribution in [0.4, 0.5) is 11.4 Å². The fourth-order valence-electron chi connectivity index (χ4n) is 1.90. The van der Waals surface area contributed by atoms with Crippen molar-refractivity contribution in [3.8, 4) is 0 Å². The van der Waals surface area contributed by atoms with Crippen molar-refractivity contribution in [2.45, 2.75) is 6.61 Å². The van der Waals surface area contributed by atoms with Crippen LogP contribution < -0.4 is 11.1 Å². The lowest BCUT2D eigenvalue weighted by Gasteiger charge is -2.14. The van der Waals surface area contributed by atoms with Gasteiger partial charge in [-0.2, -0.15) is 0 Å². The van der Waals surface area contributed by atoms with E-state index in [-0.39, 0.29) is 0 Å². The fraction of sp³-hybridized carbons (Fsp3) is 0.133. The Hall–Kier alpha value is -1.62. The number of halogens is 1. The van der Waals surface area contributed by atoms with E-state index in [1.54, 1.807) is 19.2 Å². The minimum absolute atomic E-state index is 0.327. The summed E-state index contributed by atoms with van der Waals surface area (Å²) in [4.78, 5) is 0.327. The second kappa shape index (κ2) is 6.70. The maximum atomic E-state index is 6.04. The van der Waals surface area contributed by atoms with Crippen LogP contribution in [0.25, 0.3) is 0 Å². The van der Waals surface area contributed by atoms with E-state index in [1.165, 1.54) is 0 Å². The summed E-state index contributed by atoms with van der Waals surface area (Å²) in [7, 11) is 1.66. The van der Waals surface area contributed by atoms with Crippen molar-refractivity contribution in [1.29, 1.82) is 0 Å². The Bertz CT molecular complexity index is 631. The Morgan fingerprint density at radius 1 is 1.25 bits per heavy atom. The van der Waals surface area contributed by atoms with Crippen LogP contribution in [0.2, 0.25) is 5.02 Å². The first-order chi connectivity index (χ1) is 9.61. The molecule has 104 valence electrons. The van der Waals surface area contributed by atoms with Crippen molar-refractivity contribution >= 4 is 40.2 Å². The van der Waals surface area contributed by atoms with Crippen LogP contribution in [0, 0.1) is 0 Å². The van der Waals surface area contributed by atoms with Gasteiger partial charge in [0.15, 0.2) is 0 Å². The molecule has 0 aliphatic carbocycles. The number of benzene rings is 2. The quantitative estimate of drug-likeness (QED) is 0.823. The molecule has 2 aromatic carbocycles. The molecule has 0 saturated heterocycles. The summed E-state index contributed by atoms with van der Waals surface area (Å²) in [6.07, 6.45) is 0. The van der Waals surface area contributed by atoms with Gasteiger partial charge in [0, 0.05) is 28.9 Å². The topological polar surface area (TPSA) is 47.3 Å². The number of thiocarbonyl (C=S) groups is 1. The second-order valence-corrected chi connectivity index (χ2v) is 5.15. The minimum Gasteiger partial charge on any atom is -0.389 e. The number of para-hydroxylation sites is 1. The van der Waals surface area contributed by atoms with Crippen molar-refractivity contribution in [2.24, 2.45) is 5.73 Å². The molecule has 0 saturated carbocycles. The van der Waals surface area contributed by atoms with E-state index < -0.39 is 0 Å². The van der Waals surface area contributed by atoms with Crippen molar-refractivity contribution in [2.75, 3.05) is 12.4 Å². The van der Waals surface area contributed by atoms with Crippen LogP contribution in [0.5, 0.6) is 0 Å². The highest BCUT2D eigenvalue weighted by Gasteiger charge is 2.08. The lowest BCUT2D eigenvalue weighted by molar-refractivity contribution is 0.185. The van der Waals surface area contributed by atoms with E-state index in [1.807, 2.05) is 30.3 Å². The van der Waals surface area contributed by atoms with E-state index in [9.17, 15) is 0 Å². The van der Waals surface area contributed by atoms with Gasteiger partial charge in [-0.3, -0.25) is 0 Å². The van der Waals surface area contributed by atoms with Gasteiger partial charge >= 0.3 is 0 Å². The molecule has 2 rings (SSSR count). The Morgan fingerprint density at radius 3 is 2.70 bits per heavy atom.